The van der Waals surface area contributed by atoms with Crippen LogP contribution in [0.25, 0.3) is 0 Å². The Hall–Kier alpha value is -0.710. The maximum Gasteiger partial charge on any atom is 0.245 e. The Morgan fingerprint density at radius 2 is 2.11 bits per heavy atom. The summed E-state index contributed by atoms with van der Waals surface area (Å²) in [6, 6.07) is 0.0158. The molecule has 4 nitrogen and oxygen atoms in total. The van der Waals surface area contributed by atoms with E-state index in [0.29, 0.717) is 30.7 Å². The van der Waals surface area contributed by atoms with Crippen molar-refractivity contribution in [3.63, 3.8) is 0 Å². The number of amides is 2. The first-order valence-electron chi connectivity index (χ1n) is 7.38. The second-order valence-electron chi connectivity index (χ2n) is 5.30. The standard InChI is InChI=1S/C14H24N2O2S/c1-3-10-14(18)16(9-8-13(17)15-10)11-6-5-7-12(11)19-4-2/h10-12H,3-9H2,1-2H3,(H,15,17). The zero-order chi connectivity index (χ0) is 13.8. The fourth-order valence-electron chi connectivity index (χ4n) is 3.14. The van der Waals surface area contributed by atoms with E-state index < -0.39 is 0 Å². The number of hydrogen-bond donors (Lipinski definition) is 1. The minimum absolute atomic E-state index is 0.0143. The van der Waals surface area contributed by atoms with E-state index in [-0.39, 0.29) is 17.9 Å². The van der Waals surface area contributed by atoms with E-state index in [2.05, 4.69) is 12.2 Å². The Bertz CT molecular complexity index is 348. The number of carbonyl (C=O) groups excluding carboxylic acids is 2. The highest BCUT2D eigenvalue weighted by molar-refractivity contribution is 7.99. The molecule has 1 N–H and O–H groups in total. The lowest BCUT2D eigenvalue weighted by Crippen LogP contribution is -2.49. The van der Waals surface area contributed by atoms with Crippen LogP contribution in [0.5, 0.6) is 0 Å². The molecule has 1 aliphatic heterocycles. The van der Waals surface area contributed by atoms with E-state index in [9.17, 15) is 9.59 Å². The van der Waals surface area contributed by atoms with Gasteiger partial charge in [0.25, 0.3) is 0 Å². The molecule has 3 atom stereocenters. The van der Waals surface area contributed by atoms with Crippen LogP contribution in [-0.4, -0.2) is 46.3 Å². The number of rotatable bonds is 4. The third kappa shape index (κ3) is 3.25. The lowest BCUT2D eigenvalue weighted by atomic mass is 10.1. The van der Waals surface area contributed by atoms with E-state index in [1.807, 2.05) is 23.6 Å². The number of thioether (sulfide) groups is 1. The topological polar surface area (TPSA) is 49.4 Å². The second-order valence-corrected chi connectivity index (χ2v) is 6.82. The van der Waals surface area contributed by atoms with Crippen LogP contribution >= 0.6 is 11.8 Å². The number of nitrogens with zero attached hydrogens (tertiary/aromatic N) is 1. The van der Waals surface area contributed by atoms with Gasteiger partial charge in [-0.2, -0.15) is 11.8 Å². The fraction of sp³-hybridized carbons (Fsp3) is 0.857. The van der Waals surface area contributed by atoms with Crippen LogP contribution in [0.15, 0.2) is 0 Å². The molecule has 1 saturated carbocycles. The largest absolute Gasteiger partial charge is 0.344 e. The van der Waals surface area contributed by atoms with Crippen LogP contribution in [0.4, 0.5) is 0 Å². The minimum atomic E-state index is -0.317. The monoisotopic (exact) mass is 284 g/mol. The maximum atomic E-state index is 12.6. The van der Waals surface area contributed by atoms with E-state index >= 15 is 0 Å². The zero-order valence-electron chi connectivity index (χ0n) is 11.9. The molecule has 0 radical (unpaired) electrons. The van der Waals surface area contributed by atoms with Crippen molar-refractivity contribution in [1.82, 2.24) is 10.2 Å². The lowest BCUT2D eigenvalue weighted by Gasteiger charge is -2.33. The van der Waals surface area contributed by atoms with E-state index in [0.717, 1.165) is 12.2 Å². The highest BCUT2D eigenvalue weighted by Crippen LogP contribution is 2.34. The first-order chi connectivity index (χ1) is 9.17. The summed E-state index contributed by atoms with van der Waals surface area (Å²) in [6.45, 7) is 4.72. The van der Waals surface area contributed by atoms with Gasteiger partial charge in [-0.1, -0.05) is 20.3 Å². The van der Waals surface area contributed by atoms with Crippen molar-refractivity contribution in [2.45, 2.75) is 63.3 Å². The second kappa shape index (κ2) is 6.64. The van der Waals surface area contributed by atoms with Crippen molar-refractivity contribution in [1.29, 1.82) is 0 Å². The minimum Gasteiger partial charge on any atom is -0.344 e. The molecular weight excluding hydrogens is 260 g/mol. The van der Waals surface area contributed by atoms with Gasteiger partial charge in [-0.05, 0) is 25.0 Å². The fourth-order valence-corrected chi connectivity index (χ4v) is 4.40. The normalized spacial score (nSPS) is 32.3. The molecule has 1 heterocycles. The first kappa shape index (κ1) is 14.7. The van der Waals surface area contributed by atoms with Gasteiger partial charge in [-0.3, -0.25) is 9.59 Å². The highest BCUT2D eigenvalue weighted by atomic mass is 32.2. The molecule has 0 bridgehead atoms. The molecule has 1 saturated heterocycles. The van der Waals surface area contributed by atoms with Gasteiger partial charge in [0.05, 0.1) is 0 Å². The van der Waals surface area contributed by atoms with Gasteiger partial charge in [0.15, 0.2) is 0 Å². The highest BCUT2D eigenvalue weighted by Gasteiger charge is 2.38. The predicted octanol–water partition coefficient (Wildman–Crippen LogP) is 1.79. The van der Waals surface area contributed by atoms with E-state index in [1.54, 1.807) is 0 Å². The van der Waals surface area contributed by atoms with Crippen LogP contribution in [-0.2, 0) is 9.59 Å². The molecule has 0 aromatic rings. The predicted molar refractivity (Wildman–Crippen MR) is 78.1 cm³/mol. The lowest BCUT2D eigenvalue weighted by molar-refractivity contribution is -0.135. The summed E-state index contributed by atoms with van der Waals surface area (Å²) in [7, 11) is 0. The third-order valence-electron chi connectivity index (χ3n) is 4.10. The van der Waals surface area contributed by atoms with Crippen molar-refractivity contribution in [3.8, 4) is 0 Å². The summed E-state index contributed by atoms with van der Waals surface area (Å²) in [4.78, 5) is 26.2. The molecule has 3 unspecified atom stereocenters. The molecule has 5 heteroatoms. The zero-order valence-corrected chi connectivity index (χ0v) is 12.7. The molecular formula is C14H24N2O2S. The van der Waals surface area contributed by atoms with Crippen molar-refractivity contribution >= 4 is 23.6 Å². The average Bonchev–Trinajstić information content (AvgIpc) is 2.79. The molecule has 2 fully saturated rings. The Morgan fingerprint density at radius 3 is 2.79 bits per heavy atom. The summed E-state index contributed by atoms with van der Waals surface area (Å²) in [5.41, 5.74) is 0. The van der Waals surface area contributed by atoms with Crippen molar-refractivity contribution in [2.24, 2.45) is 0 Å². The van der Waals surface area contributed by atoms with Crippen molar-refractivity contribution < 1.29 is 9.59 Å². The van der Waals surface area contributed by atoms with Crippen LogP contribution in [0.2, 0.25) is 0 Å². The van der Waals surface area contributed by atoms with Gasteiger partial charge in [0.2, 0.25) is 11.8 Å². The number of nitrogens with one attached hydrogen (secondary N) is 1. The molecule has 2 amide bonds. The van der Waals surface area contributed by atoms with E-state index in [1.165, 1.54) is 12.8 Å². The van der Waals surface area contributed by atoms with Gasteiger partial charge < -0.3 is 10.2 Å². The van der Waals surface area contributed by atoms with Gasteiger partial charge in [0.1, 0.15) is 6.04 Å². The molecule has 1 aliphatic carbocycles. The van der Waals surface area contributed by atoms with Crippen molar-refractivity contribution in [2.75, 3.05) is 12.3 Å². The molecule has 0 aromatic carbocycles. The summed E-state index contributed by atoms with van der Waals surface area (Å²) in [5.74, 6) is 1.24. The number of carbonyl (C=O) groups is 2. The Morgan fingerprint density at radius 1 is 1.32 bits per heavy atom. The SMILES string of the molecule is CCSC1CCCC1N1CCC(=O)NC(CC)C1=O. The molecule has 19 heavy (non-hydrogen) atoms. The van der Waals surface area contributed by atoms with Crippen LogP contribution in [0.3, 0.4) is 0 Å². The average molecular weight is 284 g/mol. The summed E-state index contributed by atoms with van der Waals surface area (Å²) >= 11 is 1.96. The molecule has 108 valence electrons. The van der Waals surface area contributed by atoms with Gasteiger partial charge >= 0.3 is 0 Å². The molecule has 2 rings (SSSR count). The molecule has 0 spiro atoms. The Labute approximate surface area is 119 Å². The Kier molecular flexibility index (Phi) is 5.13. The van der Waals surface area contributed by atoms with Crippen LogP contribution in [0, 0.1) is 0 Å². The molecule has 0 aromatic heterocycles. The quantitative estimate of drug-likeness (QED) is 0.856. The van der Waals surface area contributed by atoms with Crippen LogP contribution < -0.4 is 5.32 Å². The summed E-state index contributed by atoms with van der Waals surface area (Å²) in [5, 5.41) is 3.40. The maximum absolute atomic E-state index is 12.6. The van der Waals surface area contributed by atoms with E-state index in [4.69, 9.17) is 0 Å². The van der Waals surface area contributed by atoms with Gasteiger partial charge in [-0.15, -0.1) is 0 Å². The number of hydrogen-bond acceptors (Lipinski definition) is 3. The van der Waals surface area contributed by atoms with Crippen molar-refractivity contribution in [3.05, 3.63) is 0 Å². The third-order valence-corrected chi connectivity index (χ3v) is 5.41. The van der Waals surface area contributed by atoms with Gasteiger partial charge in [-0.25, -0.2) is 0 Å². The first-order valence-corrected chi connectivity index (χ1v) is 8.43. The summed E-state index contributed by atoms with van der Waals surface area (Å²) < 4.78 is 0. The molecule has 2 aliphatic rings. The Balaban J connectivity index is 2.12. The summed E-state index contributed by atoms with van der Waals surface area (Å²) in [6.07, 6.45) is 4.62. The smallest absolute Gasteiger partial charge is 0.245 e. The van der Waals surface area contributed by atoms with Crippen LogP contribution in [0.1, 0.15) is 46.0 Å². The van der Waals surface area contributed by atoms with Gasteiger partial charge in [0, 0.05) is 24.3 Å².